The Labute approximate surface area is 111 Å². The highest BCUT2D eigenvalue weighted by Gasteiger charge is 2.18. The van der Waals surface area contributed by atoms with Crippen LogP contribution in [0.3, 0.4) is 0 Å². The first-order valence-electron chi connectivity index (χ1n) is 5.74. The first-order valence-corrected chi connectivity index (χ1v) is 5.74. The Morgan fingerprint density at radius 3 is 2.63 bits per heavy atom. The van der Waals surface area contributed by atoms with E-state index in [9.17, 15) is 14.9 Å². The van der Waals surface area contributed by atoms with Crippen LogP contribution in [0.25, 0.3) is 0 Å². The summed E-state index contributed by atoms with van der Waals surface area (Å²) in [5.41, 5.74) is 0.443. The number of nitro benzene ring substituents is 1. The number of aliphatic hydroxyl groups is 1. The number of hydrogen-bond donors (Lipinski definition) is 2. The van der Waals surface area contributed by atoms with Gasteiger partial charge in [-0.25, -0.2) is 0 Å². The average Bonchev–Trinajstić information content (AvgIpc) is 2.37. The van der Waals surface area contributed by atoms with Crippen LogP contribution >= 0.6 is 0 Å². The number of nitrogens with zero attached hydrogens (tertiary/aromatic N) is 2. The number of nitrogens with one attached hydrogen (secondary N) is 1. The number of carbonyl (C=O) groups is 1. The Hall–Kier alpha value is -2.15. The summed E-state index contributed by atoms with van der Waals surface area (Å²) in [6.07, 6.45) is 0. The first-order chi connectivity index (χ1) is 8.86. The van der Waals surface area contributed by atoms with Gasteiger partial charge in [-0.1, -0.05) is 0 Å². The summed E-state index contributed by atoms with van der Waals surface area (Å²) in [7, 11) is 3.21. The van der Waals surface area contributed by atoms with Crippen LogP contribution in [0.4, 0.5) is 11.4 Å². The van der Waals surface area contributed by atoms with Gasteiger partial charge in [0.1, 0.15) is 5.69 Å². The second kappa shape index (κ2) is 6.14. The molecule has 0 aliphatic rings. The van der Waals surface area contributed by atoms with Crippen molar-refractivity contribution >= 4 is 17.3 Å². The van der Waals surface area contributed by atoms with Crippen molar-refractivity contribution in [1.82, 2.24) is 4.90 Å². The maximum Gasteiger partial charge on any atom is 0.292 e. The third-order valence-electron chi connectivity index (χ3n) is 2.52. The van der Waals surface area contributed by atoms with E-state index < -0.39 is 4.92 Å². The van der Waals surface area contributed by atoms with Crippen molar-refractivity contribution in [2.75, 3.05) is 26.0 Å². The SMILES string of the molecule is CC(CO)Nc1cc(C(=O)N(C)C)ccc1[N+](=O)[O-]. The van der Waals surface area contributed by atoms with E-state index in [4.69, 9.17) is 5.11 Å². The van der Waals surface area contributed by atoms with Crippen LogP contribution in [0, 0.1) is 10.1 Å². The van der Waals surface area contributed by atoms with Crippen molar-refractivity contribution in [3.8, 4) is 0 Å². The van der Waals surface area contributed by atoms with Crippen LogP contribution in [-0.4, -0.2) is 47.6 Å². The molecule has 1 aromatic carbocycles. The van der Waals surface area contributed by atoms with E-state index in [0.717, 1.165) is 0 Å². The summed E-state index contributed by atoms with van der Waals surface area (Å²) in [6, 6.07) is 3.77. The fraction of sp³-hybridized carbons (Fsp3) is 0.417. The minimum atomic E-state index is -0.531. The molecule has 1 amide bonds. The van der Waals surface area contributed by atoms with E-state index in [2.05, 4.69) is 5.32 Å². The number of aliphatic hydroxyl groups excluding tert-OH is 1. The van der Waals surface area contributed by atoms with Crippen LogP contribution in [0.2, 0.25) is 0 Å². The van der Waals surface area contributed by atoms with E-state index in [1.807, 2.05) is 0 Å². The third kappa shape index (κ3) is 3.65. The molecule has 0 bridgehead atoms. The van der Waals surface area contributed by atoms with Gasteiger partial charge in [0.2, 0.25) is 0 Å². The van der Waals surface area contributed by atoms with E-state index in [-0.39, 0.29) is 29.9 Å². The van der Waals surface area contributed by atoms with Crippen LogP contribution < -0.4 is 5.32 Å². The monoisotopic (exact) mass is 267 g/mol. The van der Waals surface area contributed by atoms with Gasteiger partial charge in [-0.05, 0) is 19.1 Å². The lowest BCUT2D eigenvalue weighted by atomic mass is 10.1. The number of anilines is 1. The molecule has 2 N–H and O–H groups in total. The standard InChI is InChI=1S/C12H17N3O4/c1-8(7-16)13-10-6-9(12(17)14(2)3)4-5-11(10)15(18)19/h4-6,8,13,16H,7H2,1-3H3. The summed E-state index contributed by atoms with van der Waals surface area (Å²) in [5.74, 6) is -0.241. The molecule has 1 unspecified atom stereocenters. The molecular weight excluding hydrogens is 250 g/mol. The van der Waals surface area contributed by atoms with E-state index >= 15 is 0 Å². The molecule has 0 heterocycles. The van der Waals surface area contributed by atoms with Crippen molar-refractivity contribution in [3.05, 3.63) is 33.9 Å². The number of nitro groups is 1. The topological polar surface area (TPSA) is 95.7 Å². The summed E-state index contributed by atoms with van der Waals surface area (Å²) in [5, 5.41) is 22.7. The summed E-state index contributed by atoms with van der Waals surface area (Å²) >= 11 is 0. The minimum Gasteiger partial charge on any atom is -0.394 e. The zero-order valence-electron chi connectivity index (χ0n) is 11.1. The number of carbonyl (C=O) groups excluding carboxylic acids is 1. The van der Waals surface area contributed by atoms with Crippen molar-refractivity contribution < 1.29 is 14.8 Å². The zero-order valence-corrected chi connectivity index (χ0v) is 11.1. The molecule has 0 spiro atoms. The molecule has 19 heavy (non-hydrogen) atoms. The lowest BCUT2D eigenvalue weighted by Crippen LogP contribution is -2.23. The fourth-order valence-electron chi connectivity index (χ4n) is 1.51. The van der Waals surface area contributed by atoms with Crippen molar-refractivity contribution in [2.45, 2.75) is 13.0 Å². The van der Waals surface area contributed by atoms with Crippen LogP contribution in [0.1, 0.15) is 17.3 Å². The molecule has 1 aromatic rings. The highest BCUT2D eigenvalue weighted by atomic mass is 16.6. The van der Waals surface area contributed by atoms with E-state index in [0.29, 0.717) is 5.56 Å². The molecule has 7 nitrogen and oxygen atoms in total. The Morgan fingerprint density at radius 2 is 2.16 bits per heavy atom. The normalized spacial score (nSPS) is 11.8. The maximum absolute atomic E-state index is 11.8. The Balaban J connectivity index is 3.18. The Kier molecular flexibility index (Phi) is 4.82. The van der Waals surface area contributed by atoms with Crippen molar-refractivity contribution in [2.24, 2.45) is 0 Å². The molecule has 1 atom stereocenters. The predicted molar refractivity (Wildman–Crippen MR) is 71.3 cm³/mol. The van der Waals surface area contributed by atoms with Gasteiger partial charge in [0.25, 0.3) is 11.6 Å². The summed E-state index contributed by atoms with van der Waals surface area (Å²) in [4.78, 5) is 23.6. The van der Waals surface area contributed by atoms with Crippen LogP contribution in [0.15, 0.2) is 18.2 Å². The second-order valence-corrected chi connectivity index (χ2v) is 4.42. The Bertz CT molecular complexity index is 488. The highest BCUT2D eigenvalue weighted by molar-refractivity contribution is 5.95. The molecular formula is C12H17N3O4. The molecule has 0 fully saturated rings. The lowest BCUT2D eigenvalue weighted by Gasteiger charge is -2.15. The molecule has 0 saturated carbocycles. The van der Waals surface area contributed by atoms with Gasteiger partial charge in [0, 0.05) is 31.8 Å². The van der Waals surface area contributed by atoms with Gasteiger partial charge < -0.3 is 15.3 Å². The minimum absolute atomic E-state index is 0.129. The molecule has 0 aliphatic carbocycles. The first kappa shape index (κ1) is 14.9. The third-order valence-corrected chi connectivity index (χ3v) is 2.52. The smallest absolute Gasteiger partial charge is 0.292 e. The fourth-order valence-corrected chi connectivity index (χ4v) is 1.51. The van der Waals surface area contributed by atoms with Crippen LogP contribution in [0.5, 0.6) is 0 Å². The van der Waals surface area contributed by atoms with Gasteiger partial charge >= 0.3 is 0 Å². The Morgan fingerprint density at radius 1 is 1.53 bits per heavy atom. The quantitative estimate of drug-likeness (QED) is 0.615. The van der Waals surface area contributed by atoms with Gasteiger partial charge in [-0.15, -0.1) is 0 Å². The predicted octanol–water partition coefficient (Wildman–Crippen LogP) is 1.09. The van der Waals surface area contributed by atoms with Gasteiger partial charge in [0.15, 0.2) is 0 Å². The molecule has 0 saturated heterocycles. The maximum atomic E-state index is 11.8. The molecule has 1 rings (SSSR count). The molecule has 0 aliphatic heterocycles. The number of amides is 1. The average molecular weight is 267 g/mol. The van der Waals surface area contributed by atoms with Crippen molar-refractivity contribution in [3.63, 3.8) is 0 Å². The molecule has 7 heteroatoms. The summed E-state index contributed by atoms with van der Waals surface area (Å²) in [6.45, 7) is 1.52. The van der Waals surface area contributed by atoms with E-state index in [1.54, 1.807) is 21.0 Å². The van der Waals surface area contributed by atoms with Crippen molar-refractivity contribution in [1.29, 1.82) is 0 Å². The number of rotatable bonds is 5. The van der Waals surface area contributed by atoms with Crippen LogP contribution in [-0.2, 0) is 0 Å². The lowest BCUT2D eigenvalue weighted by molar-refractivity contribution is -0.384. The highest BCUT2D eigenvalue weighted by Crippen LogP contribution is 2.26. The van der Waals surface area contributed by atoms with Gasteiger partial charge in [-0.3, -0.25) is 14.9 Å². The van der Waals surface area contributed by atoms with Gasteiger partial charge in [-0.2, -0.15) is 0 Å². The number of benzene rings is 1. The molecule has 0 aromatic heterocycles. The van der Waals surface area contributed by atoms with E-state index in [1.165, 1.54) is 23.1 Å². The molecule has 104 valence electrons. The molecule has 0 radical (unpaired) electrons. The second-order valence-electron chi connectivity index (χ2n) is 4.42. The zero-order chi connectivity index (χ0) is 14.6. The summed E-state index contributed by atoms with van der Waals surface area (Å²) < 4.78 is 0. The largest absolute Gasteiger partial charge is 0.394 e. The number of hydrogen-bond acceptors (Lipinski definition) is 5. The van der Waals surface area contributed by atoms with Gasteiger partial charge in [0.05, 0.1) is 11.5 Å².